The standard InChI is InChI=1S/C27H24BF2N5/c1-17-5-2-9-24(32-17)27-26(19-10-11-23-18(15-19)6-4-13-31-23)33-25(34-27)16-35(28)14-12-20-21(29)7-3-8-22(20)30/h2-11,13,15H,12,14,16,28H2,1H3,(H,33,34). The Morgan fingerprint density at radius 2 is 1.74 bits per heavy atom. The Labute approximate surface area is 203 Å². The second-order valence-corrected chi connectivity index (χ2v) is 8.67. The van der Waals surface area contributed by atoms with E-state index in [2.05, 4.69) is 21.0 Å². The van der Waals surface area contributed by atoms with E-state index >= 15 is 0 Å². The number of aromatic nitrogens is 4. The molecule has 3 heterocycles. The van der Waals surface area contributed by atoms with E-state index < -0.39 is 11.6 Å². The van der Waals surface area contributed by atoms with Crippen LogP contribution in [0, 0.1) is 18.6 Å². The zero-order valence-corrected chi connectivity index (χ0v) is 19.6. The van der Waals surface area contributed by atoms with Gasteiger partial charge < -0.3 is 9.79 Å². The molecule has 0 saturated heterocycles. The van der Waals surface area contributed by atoms with Gasteiger partial charge in [-0.1, -0.05) is 24.3 Å². The van der Waals surface area contributed by atoms with Crippen LogP contribution >= 0.6 is 0 Å². The van der Waals surface area contributed by atoms with Crippen molar-refractivity contribution in [3.8, 4) is 22.6 Å². The summed E-state index contributed by atoms with van der Waals surface area (Å²) in [5.74, 6) is -0.282. The number of nitrogens with zero attached hydrogens (tertiary/aromatic N) is 4. The molecule has 0 atom stereocenters. The van der Waals surface area contributed by atoms with Gasteiger partial charge in [-0.05, 0) is 62.4 Å². The van der Waals surface area contributed by atoms with Crippen LogP contribution in [0.2, 0.25) is 0 Å². The minimum atomic E-state index is -0.516. The second-order valence-electron chi connectivity index (χ2n) is 8.67. The minimum absolute atomic E-state index is 0.105. The van der Waals surface area contributed by atoms with Gasteiger partial charge in [-0.2, -0.15) is 0 Å². The number of H-pyrrole nitrogens is 1. The SMILES string of the molecule is BN(CCc1c(F)cccc1F)Cc1nc(-c2cccc(C)n2)c(-c2ccc3ncccc3c2)[nH]1. The molecule has 8 heteroatoms. The molecule has 0 aliphatic heterocycles. The quantitative estimate of drug-likeness (QED) is 0.347. The van der Waals surface area contributed by atoms with Gasteiger partial charge in [0.15, 0.2) is 7.98 Å². The molecule has 0 spiro atoms. The molecule has 0 aliphatic carbocycles. The van der Waals surface area contributed by atoms with Gasteiger partial charge in [-0.3, -0.25) is 9.97 Å². The predicted octanol–water partition coefficient (Wildman–Crippen LogP) is 4.87. The van der Waals surface area contributed by atoms with E-state index in [-0.39, 0.29) is 12.0 Å². The molecule has 2 aromatic carbocycles. The van der Waals surface area contributed by atoms with Crippen LogP contribution in [0.1, 0.15) is 17.1 Å². The summed E-state index contributed by atoms with van der Waals surface area (Å²) in [6.07, 6.45) is 2.05. The van der Waals surface area contributed by atoms with Crippen molar-refractivity contribution in [3.05, 3.63) is 102 Å². The van der Waals surface area contributed by atoms with E-state index in [1.807, 2.05) is 62.2 Å². The van der Waals surface area contributed by atoms with E-state index in [1.54, 1.807) is 6.20 Å². The Morgan fingerprint density at radius 3 is 2.54 bits per heavy atom. The van der Waals surface area contributed by atoms with Gasteiger partial charge in [0.1, 0.15) is 23.2 Å². The van der Waals surface area contributed by atoms with Gasteiger partial charge in [-0.15, -0.1) is 0 Å². The summed E-state index contributed by atoms with van der Waals surface area (Å²) in [6.45, 7) is 2.92. The van der Waals surface area contributed by atoms with Crippen LogP contribution in [-0.2, 0) is 13.0 Å². The van der Waals surface area contributed by atoms with Crippen molar-refractivity contribution in [2.24, 2.45) is 0 Å². The fourth-order valence-corrected chi connectivity index (χ4v) is 4.21. The number of imidazole rings is 1. The molecular weight excluding hydrogens is 443 g/mol. The van der Waals surface area contributed by atoms with Crippen LogP contribution < -0.4 is 0 Å². The smallest absolute Gasteiger partial charge is 0.186 e. The number of nitrogens with one attached hydrogen (secondary N) is 1. The highest BCUT2D eigenvalue weighted by molar-refractivity contribution is 6.04. The first kappa shape index (κ1) is 22.9. The van der Waals surface area contributed by atoms with Crippen LogP contribution in [0.3, 0.4) is 0 Å². The van der Waals surface area contributed by atoms with Gasteiger partial charge in [-0.25, -0.2) is 13.8 Å². The summed E-state index contributed by atoms with van der Waals surface area (Å²) < 4.78 is 28.0. The largest absolute Gasteiger partial charge is 0.342 e. The Hall–Kier alpha value is -3.91. The molecule has 0 unspecified atom stereocenters. The first-order valence-corrected chi connectivity index (χ1v) is 11.5. The lowest BCUT2D eigenvalue weighted by atomic mass is 10.1. The molecule has 5 rings (SSSR count). The lowest BCUT2D eigenvalue weighted by Gasteiger charge is -2.16. The first-order chi connectivity index (χ1) is 17.0. The third kappa shape index (κ3) is 4.98. The first-order valence-electron chi connectivity index (χ1n) is 11.5. The average molecular weight is 467 g/mol. The van der Waals surface area contributed by atoms with Crippen molar-refractivity contribution >= 4 is 18.9 Å². The van der Waals surface area contributed by atoms with Gasteiger partial charge in [0.05, 0.1) is 16.9 Å². The van der Waals surface area contributed by atoms with Crippen molar-refractivity contribution in [2.45, 2.75) is 19.9 Å². The highest BCUT2D eigenvalue weighted by Gasteiger charge is 2.17. The number of hydrogen-bond donors (Lipinski definition) is 1. The number of halogens is 2. The highest BCUT2D eigenvalue weighted by atomic mass is 19.1. The number of hydrogen-bond acceptors (Lipinski definition) is 4. The van der Waals surface area contributed by atoms with Gasteiger partial charge in [0, 0.05) is 34.9 Å². The maximum absolute atomic E-state index is 14.0. The average Bonchev–Trinajstić information content (AvgIpc) is 3.27. The minimum Gasteiger partial charge on any atom is -0.342 e. The van der Waals surface area contributed by atoms with Crippen LogP contribution in [0.25, 0.3) is 33.5 Å². The Kier molecular flexibility index (Phi) is 6.38. The number of aromatic amines is 1. The molecule has 0 radical (unpaired) electrons. The lowest BCUT2D eigenvalue weighted by Crippen LogP contribution is -2.23. The van der Waals surface area contributed by atoms with Gasteiger partial charge in [0.25, 0.3) is 0 Å². The predicted molar refractivity (Wildman–Crippen MR) is 136 cm³/mol. The van der Waals surface area contributed by atoms with Crippen molar-refractivity contribution in [1.82, 2.24) is 24.7 Å². The fourth-order valence-electron chi connectivity index (χ4n) is 4.21. The number of benzene rings is 2. The molecule has 1 N–H and O–H groups in total. The van der Waals surface area contributed by atoms with Crippen molar-refractivity contribution in [1.29, 1.82) is 0 Å². The van der Waals surface area contributed by atoms with Crippen molar-refractivity contribution in [3.63, 3.8) is 0 Å². The second kappa shape index (κ2) is 9.76. The van der Waals surface area contributed by atoms with Gasteiger partial charge >= 0.3 is 0 Å². The molecular formula is C27H24BF2N5. The molecule has 0 fully saturated rings. The third-order valence-corrected chi connectivity index (χ3v) is 6.00. The monoisotopic (exact) mass is 467 g/mol. The number of aryl methyl sites for hydroxylation is 1. The van der Waals surface area contributed by atoms with Crippen molar-refractivity contribution < 1.29 is 8.78 Å². The van der Waals surface area contributed by atoms with Crippen LogP contribution in [-0.4, -0.2) is 39.3 Å². The molecule has 35 heavy (non-hydrogen) atoms. The maximum Gasteiger partial charge on any atom is 0.186 e. The molecule has 0 saturated carbocycles. The summed E-state index contributed by atoms with van der Waals surface area (Å²) in [5.41, 5.74) is 5.34. The van der Waals surface area contributed by atoms with Crippen molar-refractivity contribution in [2.75, 3.05) is 6.54 Å². The van der Waals surface area contributed by atoms with E-state index in [9.17, 15) is 8.78 Å². The number of fused-ring (bicyclic) bond motifs is 1. The zero-order chi connectivity index (χ0) is 24.4. The number of pyridine rings is 2. The summed E-state index contributed by atoms with van der Waals surface area (Å²) >= 11 is 0. The molecule has 3 aromatic heterocycles. The zero-order valence-electron chi connectivity index (χ0n) is 19.6. The van der Waals surface area contributed by atoms with Gasteiger partial charge in [0.2, 0.25) is 0 Å². The van der Waals surface area contributed by atoms with Crippen LogP contribution in [0.4, 0.5) is 8.78 Å². The lowest BCUT2D eigenvalue weighted by molar-refractivity contribution is 0.431. The normalized spacial score (nSPS) is 11.4. The molecule has 5 nitrogen and oxygen atoms in total. The summed E-state index contributed by atoms with van der Waals surface area (Å²) in [6, 6.07) is 19.9. The fraction of sp³-hybridized carbons (Fsp3) is 0.148. The molecule has 0 aliphatic rings. The maximum atomic E-state index is 14.0. The molecule has 5 aromatic rings. The van der Waals surface area contributed by atoms with Crippen LogP contribution in [0.5, 0.6) is 0 Å². The topological polar surface area (TPSA) is 57.7 Å². The Bertz CT molecular complexity index is 1480. The highest BCUT2D eigenvalue weighted by Crippen LogP contribution is 2.31. The van der Waals surface area contributed by atoms with E-state index in [4.69, 9.17) is 4.98 Å². The van der Waals surface area contributed by atoms with E-state index in [0.717, 1.165) is 45.1 Å². The Balaban J connectivity index is 1.45. The Morgan fingerprint density at radius 1 is 0.943 bits per heavy atom. The van der Waals surface area contributed by atoms with E-state index in [1.165, 1.54) is 18.2 Å². The van der Waals surface area contributed by atoms with Crippen LogP contribution in [0.15, 0.2) is 72.9 Å². The molecule has 0 bridgehead atoms. The molecule has 174 valence electrons. The summed E-state index contributed by atoms with van der Waals surface area (Å²) in [5, 5.41) is 1.04. The van der Waals surface area contributed by atoms with E-state index in [0.29, 0.717) is 13.1 Å². The molecule has 0 amide bonds. The summed E-state index contributed by atoms with van der Waals surface area (Å²) in [4.78, 5) is 19.4. The number of rotatable bonds is 7. The summed E-state index contributed by atoms with van der Waals surface area (Å²) in [7, 11) is 1.91. The third-order valence-electron chi connectivity index (χ3n) is 6.00.